The number of rotatable bonds is 9. The molecular formula is C15H24ClN3OS. The molecule has 2 N–H and O–H groups in total. The van der Waals surface area contributed by atoms with E-state index in [0.29, 0.717) is 16.5 Å². The molecule has 118 valence electrons. The van der Waals surface area contributed by atoms with Gasteiger partial charge in [0.15, 0.2) is 0 Å². The van der Waals surface area contributed by atoms with Gasteiger partial charge in [-0.1, -0.05) is 25.4 Å². The van der Waals surface area contributed by atoms with Gasteiger partial charge in [-0.25, -0.2) is 4.98 Å². The van der Waals surface area contributed by atoms with Gasteiger partial charge in [-0.2, -0.15) is 11.8 Å². The summed E-state index contributed by atoms with van der Waals surface area (Å²) < 4.78 is 0. The van der Waals surface area contributed by atoms with Crippen molar-refractivity contribution in [1.82, 2.24) is 10.3 Å². The molecule has 6 heteroatoms. The first-order valence-corrected chi connectivity index (χ1v) is 8.90. The fourth-order valence-electron chi connectivity index (χ4n) is 1.76. The molecule has 0 aliphatic rings. The largest absolute Gasteiger partial charge is 0.370 e. The number of halogens is 1. The predicted octanol–water partition coefficient (Wildman–Crippen LogP) is 3.82. The molecule has 0 saturated carbocycles. The molecule has 0 bridgehead atoms. The van der Waals surface area contributed by atoms with Crippen LogP contribution in [0.2, 0.25) is 5.15 Å². The summed E-state index contributed by atoms with van der Waals surface area (Å²) in [7, 11) is 0. The topological polar surface area (TPSA) is 54.0 Å². The van der Waals surface area contributed by atoms with E-state index in [1.165, 1.54) is 0 Å². The van der Waals surface area contributed by atoms with Gasteiger partial charge in [-0.15, -0.1) is 0 Å². The molecule has 0 radical (unpaired) electrons. The number of thioether (sulfide) groups is 1. The first-order valence-electron chi connectivity index (χ1n) is 7.36. The van der Waals surface area contributed by atoms with Gasteiger partial charge in [0.2, 0.25) is 0 Å². The summed E-state index contributed by atoms with van der Waals surface area (Å²) in [5.41, 5.74) is 0.545. The Balaban J connectivity index is 2.62. The van der Waals surface area contributed by atoms with Gasteiger partial charge in [-0.3, -0.25) is 4.79 Å². The van der Waals surface area contributed by atoms with Crippen molar-refractivity contribution in [2.45, 2.75) is 39.7 Å². The van der Waals surface area contributed by atoms with Gasteiger partial charge in [-0.05, 0) is 43.4 Å². The minimum absolute atomic E-state index is 0.104. The first-order chi connectivity index (χ1) is 10.1. The lowest BCUT2D eigenvalue weighted by molar-refractivity contribution is 0.0939. The predicted molar refractivity (Wildman–Crippen MR) is 92.6 cm³/mol. The molecule has 1 aromatic heterocycles. The number of pyridine rings is 1. The van der Waals surface area contributed by atoms with Crippen LogP contribution in [0.15, 0.2) is 12.1 Å². The lowest BCUT2D eigenvalue weighted by Gasteiger charge is -2.14. The molecule has 0 aliphatic heterocycles. The molecule has 0 fully saturated rings. The lowest BCUT2D eigenvalue weighted by atomic mass is 10.2. The average Bonchev–Trinajstić information content (AvgIpc) is 2.44. The van der Waals surface area contributed by atoms with Gasteiger partial charge < -0.3 is 10.6 Å². The van der Waals surface area contributed by atoms with E-state index in [-0.39, 0.29) is 11.9 Å². The van der Waals surface area contributed by atoms with Crippen molar-refractivity contribution in [3.05, 3.63) is 22.8 Å². The summed E-state index contributed by atoms with van der Waals surface area (Å²) in [6.07, 6.45) is 1.95. The van der Waals surface area contributed by atoms with Crippen LogP contribution in [0.25, 0.3) is 0 Å². The normalized spacial score (nSPS) is 12.0. The molecule has 0 spiro atoms. The quantitative estimate of drug-likeness (QED) is 0.534. The average molecular weight is 330 g/mol. The maximum Gasteiger partial charge on any atom is 0.251 e. The second-order valence-electron chi connectivity index (χ2n) is 4.85. The first kappa shape index (κ1) is 18.1. The highest BCUT2D eigenvalue weighted by molar-refractivity contribution is 7.99. The Morgan fingerprint density at radius 3 is 2.86 bits per heavy atom. The summed E-state index contributed by atoms with van der Waals surface area (Å²) in [5, 5.41) is 6.47. The van der Waals surface area contributed by atoms with Crippen LogP contribution >= 0.6 is 23.4 Å². The van der Waals surface area contributed by atoms with Crippen LogP contribution in [0.5, 0.6) is 0 Å². The van der Waals surface area contributed by atoms with Gasteiger partial charge in [0, 0.05) is 18.2 Å². The van der Waals surface area contributed by atoms with Crippen LogP contribution in [0.3, 0.4) is 0 Å². The van der Waals surface area contributed by atoms with Gasteiger partial charge >= 0.3 is 0 Å². The fraction of sp³-hybridized carbons (Fsp3) is 0.600. The Hall–Kier alpha value is -0.940. The van der Waals surface area contributed by atoms with Crippen LogP contribution in [-0.2, 0) is 0 Å². The highest BCUT2D eigenvalue weighted by Gasteiger charge is 2.12. The minimum atomic E-state index is -0.104. The molecule has 0 saturated heterocycles. The molecule has 1 aromatic rings. The van der Waals surface area contributed by atoms with Crippen LogP contribution in [0.1, 0.15) is 44.0 Å². The van der Waals surface area contributed by atoms with E-state index in [4.69, 9.17) is 11.6 Å². The number of nitrogens with one attached hydrogen (secondary N) is 2. The van der Waals surface area contributed by atoms with Crippen molar-refractivity contribution in [3.8, 4) is 0 Å². The number of carbonyl (C=O) groups is 1. The Bertz CT molecular complexity index is 457. The lowest BCUT2D eigenvalue weighted by Crippen LogP contribution is -2.33. The number of anilines is 1. The maximum atomic E-state index is 12.2. The molecule has 1 amide bonds. The van der Waals surface area contributed by atoms with Crippen molar-refractivity contribution in [3.63, 3.8) is 0 Å². The molecule has 1 atom stereocenters. The third kappa shape index (κ3) is 7.05. The Morgan fingerprint density at radius 2 is 2.19 bits per heavy atom. The van der Waals surface area contributed by atoms with E-state index in [9.17, 15) is 4.79 Å². The van der Waals surface area contributed by atoms with E-state index in [2.05, 4.69) is 29.5 Å². The summed E-state index contributed by atoms with van der Waals surface area (Å²) in [6.45, 7) is 7.03. The van der Waals surface area contributed by atoms with Crippen molar-refractivity contribution in [2.24, 2.45) is 0 Å². The van der Waals surface area contributed by atoms with Crippen LogP contribution < -0.4 is 10.6 Å². The standard InChI is InChI=1S/C15H24ClN3OS/c1-4-7-17-14-10-12(9-13(16)19-14)15(20)18-11(3)6-8-21-5-2/h9-11H,4-8H2,1-3H3,(H,17,19)(H,18,20). The van der Waals surface area contributed by atoms with Crippen molar-refractivity contribution in [2.75, 3.05) is 23.4 Å². The molecule has 0 aromatic carbocycles. The smallest absolute Gasteiger partial charge is 0.251 e. The zero-order valence-corrected chi connectivity index (χ0v) is 14.5. The molecule has 21 heavy (non-hydrogen) atoms. The van der Waals surface area contributed by atoms with Crippen LogP contribution in [-0.4, -0.2) is 35.0 Å². The van der Waals surface area contributed by atoms with Gasteiger partial charge in [0.05, 0.1) is 0 Å². The summed E-state index contributed by atoms with van der Waals surface area (Å²) in [4.78, 5) is 16.4. The van der Waals surface area contributed by atoms with Gasteiger partial charge in [0.25, 0.3) is 5.91 Å². The molecule has 1 rings (SSSR count). The maximum absolute atomic E-state index is 12.2. The molecular weight excluding hydrogens is 306 g/mol. The van der Waals surface area contributed by atoms with Crippen molar-refractivity contribution >= 4 is 35.1 Å². The molecule has 1 unspecified atom stereocenters. The third-order valence-corrected chi connectivity index (χ3v) is 4.02. The van der Waals surface area contributed by atoms with Crippen LogP contribution in [0, 0.1) is 0 Å². The Kier molecular flexibility index (Phi) is 8.54. The molecule has 0 aliphatic carbocycles. The third-order valence-electron chi connectivity index (χ3n) is 2.89. The molecule has 1 heterocycles. The number of nitrogens with zero attached hydrogens (tertiary/aromatic N) is 1. The summed E-state index contributed by atoms with van der Waals surface area (Å²) in [5.74, 6) is 2.70. The zero-order chi connectivity index (χ0) is 15.7. The summed E-state index contributed by atoms with van der Waals surface area (Å²) in [6, 6.07) is 3.49. The van der Waals surface area contributed by atoms with Crippen molar-refractivity contribution < 1.29 is 4.79 Å². The number of amides is 1. The number of hydrogen-bond donors (Lipinski definition) is 2. The van der Waals surface area contributed by atoms with E-state index < -0.39 is 0 Å². The number of hydrogen-bond acceptors (Lipinski definition) is 4. The number of aromatic nitrogens is 1. The van der Waals surface area contributed by atoms with E-state index in [1.54, 1.807) is 12.1 Å². The highest BCUT2D eigenvalue weighted by atomic mass is 35.5. The second kappa shape index (κ2) is 9.90. The Labute approximate surface area is 136 Å². The van der Waals surface area contributed by atoms with E-state index in [0.717, 1.165) is 30.9 Å². The summed E-state index contributed by atoms with van der Waals surface area (Å²) >= 11 is 7.86. The Morgan fingerprint density at radius 1 is 1.43 bits per heavy atom. The van der Waals surface area contributed by atoms with Crippen molar-refractivity contribution in [1.29, 1.82) is 0 Å². The highest BCUT2D eigenvalue weighted by Crippen LogP contribution is 2.15. The molecule has 4 nitrogen and oxygen atoms in total. The monoisotopic (exact) mass is 329 g/mol. The second-order valence-corrected chi connectivity index (χ2v) is 6.63. The van der Waals surface area contributed by atoms with E-state index >= 15 is 0 Å². The SMILES string of the molecule is CCCNc1cc(C(=O)NC(C)CCSCC)cc(Cl)n1. The van der Waals surface area contributed by atoms with E-state index in [1.807, 2.05) is 18.7 Å². The minimum Gasteiger partial charge on any atom is -0.370 e. The van der Waals surface area contributed by atoms with Gasteiger partial charge in [0.1, 0.15) is 11.0 Å². The number of carbonyl (C=O) groups excluding carboxylic acids is 1. The van der Waals surface area contributed by atoms with Crippen LogP contribution in [0.4, 0.5) is 5.82 Å². The zero-order valence-electron chi connectivity index (χ0n) is 12.9. The fourth-order valence-corrected chi connectivity index (χ4v) is 2.77.